The number of sulfonamides is 1. The van der Waals surface area contributed by atoms with Crippen LogP contribution in [0.1, 0.15) is 11.1 Å². The van der Waals surface area contributed by atoms with Crippen LogP contribution in [0.4, 0.5) is 0 Å². The number of fused-ring (bicyclic) bond motifs is 1. The van der Waals surface area contributed by atoms with Crippen LogP contribution in [-0.2, 0) is 16.4 Å². The summed E-state index contributed by atoms with van der Waals surface area (Å²) in [4.78, 5) is 3.39. The second-order valence-corrected chi connectivity index (χ2v) is 7.67. The summed E-state index contributed by atoms with van der Waals surface area (Å²) in [7, 11) is -3.54. The molecular formula is C17H17ClN2O2S. The van der Waals surface area contributed by atoms with Gasteiger partial charge in [-0.15, -0.1) is 0 Å². The van der Waals surface area contributed by atoms with E-state index in [0.717, 1.165) is 16.5 Å². The molecule has 0 unspecified atom stereocenters. The van der Waals surface area contributed by atoms with E-state index >= 15 is 0 Å². The maximum absolute atomic E-state index is 12.3. The van der Waals surface area contributed by atoms with Gasteiger partial charge in [-0.25, -0.2) is 13.1 Å². The van der Waals surface area contributed by atoms with Gasteiger partial charge >= 0.3 is 0 Å². The number of aromatic nitrogens is 1. The van der Waals surface area contributed by atoms with E-state index in [4.69, 9.17) is 11.6 Å². The van der Waals surface area contributed by atoms with Crippen molar-refractivity contribution in [1.82, 2.24) is 9.71 Å². The highest BCUT2D eigenvalue weighted by Gasteiger charge is 2.14. The van der Waals surface area contributed by atoms with E-state index in [0.29, 0.717) is 18.0 Å². The molecule has 0 saturated heterocycles. The average molecular weight is 349 g/mol. The third-order valence-corrected chi connectivity index (χ3v) is 5.41. The minimum absolute atomic E-state index is 0.180. The molecule has 0 amide bonds. The average Bonchev–Trinajstić information content (AvgIpc) is 2.90. The lowest BCUT2D eigenvalue weighted by atomic mass is 10.1. The number of hydrogen-bond acceptors (Lipinski definition) is 2. The van der Waals surface area contributed by atoms with E-state index in [1.807, 2.05) is 25.3 Å². The molecule has 0 fully saturated rings. The van der Waals surface area contributed by atoms with Crippen molar-refractivity contribution in [2.24, 2.45) is 0 Å². The van der Waals surface area contributed by atoms with Gasteiger partial charge in [0.25, 0.3) is 0 Å². The molecular weight excluding hydrogens is 332 g/mol. The van der Waals surface area contributed by atoms with Crippen LogP contribution in [0.25, 0.3) is 10.9 Å². The minimum atomic E-state index is -3.54. The van der Waals surface area contributed by atoms with Crippen molar-refractivity contribution in [3.05, 3.63) is 64.8 Å². The molecule has 0 aliphatic heterocycles. The first kappa shape index (κ1) is 16.1. The second kappa shape index (κ2) is 6.35. The molecule has 0 atom stereocenters. The zero-order valence-electron chi connectivity index (χ0n) is 12.6. The molecule has 6 heteroatoms. The molecule has 23 heavy (non-hydrogen) atoms. The van der Waals surface area contributed by atoms with Gasteiger partial charge in [0.2, 0.25) is 10.0 Å². The Balaban J connectivity index is 1.72. The quantitative estimate of drug-likeness (QED) is 0.739. The molecule has 3 aromatic rings. The van der Waals surface area contributed by atoms with E-state index in [1.54, 1.807) is 12.1 Å². The molecule has 4 nitrogen and oxygen atoms in total. The van der Waals surface area contributed by atoms with Gasteiger partial charge in [0.1, 0.15) is 0 Å². The van der Waals surface area contributed by atoms with Crippen LogP contribution < -0.4 is 4.72 Å². The molecule has 3 rings (SSSR count). The molecule has 0 radical (unpaired) electrons. The van der Waals surface area contributed by atoms with Crippen LogP contribution in [0.3, 0.4) is 0 Å². The second-order valence-electron chi connectivity index (χ2n) is 5.47. The van der Waals surface area contributed by atoms with Gasteiger partial charge in [0.15, 0.2) is 0 Å². The molecule has 0 bridgehead atoms. The normalized spacial score (nSPS) is 11.9. The molecule has 120 valence electrons. The number of halogens is 1. The summed E-state index contributed by atoms with van der Waals surface area (Å²) in [6.45, 7) is 2.37. The van der Waals surface area contributed by atoms with Crippen molar-refractivity contribution in [3.8, 4) is 0 Å². The van der Waals surface area contributed by atoms with Gasteiger partial charge in [-0.1, -0.05) is 29.3 Å². The van der Waals surface area contributed by atoms with Gasteiger partial charge in [-0.05, 0) is 49.2 Å². The van der Waals surface area contributed by atoms with Crippen molar-refractivity contribution < 1.29 is 8.42 Å². The first-order chi connectivity index (χ1) is 11.0. The summed E-state index contributed by atoms with van der Waals surface area (Å²) in [5.41, 5.74) is 3.33. The molecule has 1 aromatic heterocycles. The van der Waals surface area contributed by atoms with Crippen LogP contribution >= 0.6 is 11.6 Å². The number of hydrogen-bond donors (Lipinski definition) is 2. The predicted molar refractivity (Wildman–Crippen MR) is 93.4 cm³/mol. The molecule has 0 spiro atoms. The summed E-state index contributed by atoms with van der Waals surface area (Å²) in [6.07, 6.45) is 2.54. The fourth-order valence-electron chi connectivity index (χ4n) is 2.54. The highest BCUT2D eigenvalue weighted by Crippen LogP contribution is 2.20. The molecule has 0 aliphatic carbocycles. The molecule has 2 N–H and O–H groups in total. The van der Waals surface area contributed by atoms with Crippen molar-refractivity contribution in [3.63, 3.8) is 0 Å². The zero-order chi connectivity index (χ0) is 16.4. The lowest BCUT2D eigenvalue weighted by Crippen LogP contribution is -2.25. The molecule has 0 saturated carbocycles. The van der Waals surface area contributed by atoms with Crippen LogP contribution in [0.5, 0.6) is 0 Å². The minimum Gasteiger partial charge on any atom is -0.361 e. The SMILES string of the molecule is Cc1ccc2[nH]cc(CCNS(=O)(=O)c3cccc(Cl)c3)c2c1. The van der Waals surface area contributed by atoms with Gasteiger partial charge in [0, 0.05) is 28.7 Å². The fourth-order valence-corrected chi connectivity index (χ4v) is 3.87. The highest BCUT2D eigenvalue weighted by atomic mass is 35.5. The zero-order valence-corrected chi connectivity index (χ0v) is 14.2. The maximum atomic E-state index is 12.3. The lowest BCUT2D eigenvalue weighted by molar-refractivity contribution is 0.581. The van der Waals surface area contributed by atoms with Crippen molar-refractivity contribution in [2.75, 3.05) is 6.54 Å². The van der Waals surface area contributed by atoms with E-state index in [2.05, 4.69) is 15.8 Å². The third kappa shape index (κ3) is 3.58. The predicted octanol–water partition coefficient (Wildman–Crippen LogP) is 3.65. The maximum Gasteiger partial charge on any atom is 0.240 e. The molecule has 0 aliphatic rings. The summed E-state index contributed by atoms with van der Waals surface area (Å²) in [6, 6.07) is 12.4. The Labute approximate surface area is 140 Å². The topological polar surface area (TPSA) is 62.0 Å². The summed E-state index contributed by atoms with van der Waals surface area (Å²) < 4.78 is 27.1. The number of aromatic amines is 1. The Bertz CT molecular complexity index is 948. The van der Waals surface area contributed by atoms with E-state index in [-0.39, 0.29) is 4.90 Å². The van der Waals surface area contributed by atoms with Gasteiger partial charge in [0.05, 0.1) is 4.90 Å². The largest absolute Gasteiger partial charge is 0.361 e. The molecule has 1 heterocycles. The summed E-state index contributed by atoms with van der Waals surface area (Å²) >= 11 is 5.85. The van der Waals surface area contributed by atoms with Crippen LogP contribution in [0.2, 0.25) is 5.02 Å². The number of rotatable bonds is 5. The van der Waals surface area contributed by atoms with Crippen LogP contribution in [0.15, 0.2) is 53.6 Å². The summed E-state index contributed by atoms with van der Waals surface area (Å²) in [5.74, 6) is 0. The van der Waals surface area contributed by atoms with Crippen molar-refractivity contribution in [2.45, 2.75) is 18.2 Å². The monoisotopic (exact) mass is 348 g/mol. The van der Waals surface area contributed by atoms with Crippen molar-refractivity contribution in [1.29, 1.82) is 0 Å². The van der Waals surface area contributed by atoms with Crippen LogP contribution in [0, 0.1) is 6.92 Å². The van der Waals surface area contributed by atoms with Gasteiger partial charge in [-0.3, -0.25) is 0 Å². The number of aryl methyl sites for hydroxylation is 1. The summed E-state index contributed by atoms with van der Waals surface area (Å²) in [5, 5.41) is 1.53. The lowest BCUT2D eigenvalue weighted by Gasteiger charge is -2.07. The Kier molecular flexibility index (Phi) is 4.43. The van der Waals surface area contributed by atoms with Gasteiger partial charge < -0.3 is 4.98 Å². The first-order valence-corrected chi connectivity index (χ1v) is 9.14. The van der Waals surface area contributed by atoms with Crippen LogP contribution in [-0.4, -0.2) is 19.9 Å². The number of H-pyrrole nitrogens is 1. The van der Waals surface area contributed by atoms with E-state index < -0.39 is 10.0 Å². The third-order valence-electron chi connectivity index (χ3n) is 3.72. The Morgan fingerprint density at radius 2 is 2.00 bits per heavy atom. The van der Waals surface area contributed by atoms with Gasteiger partial charge in [-0.2, -0.15) is 0 Å². The Morgan fingerprint density at radius 1 is 1.17 bits per heavy atom. The van der Waals surface area contributed by atoms with E-state index in [1.165, 1.54) is 17.7 Å². The standard InChI is InChI=1S/C17H17ClN2O2S/c1-12-5-6-17-16(9-12)13(11-19-17)7-8-20-23(21,22)15-4-2-3-14(18)10-15/h2-6,9-11,19-20H,7-8H2,1H3. The van der Waals surface area contributed by atoms with E-state index in [9.17, 15) is 8.42 Å². The van der Waals surface area contributed by atoms with Crippen molar-refractivity contribution >= 4 is 32.5 Å². The first-order valence-electron chi connectivity index (χ1n) is 7.27. The Morgan fingerprint density at radius 3 is 2.78 bits per heavy atom. The molecule has 2 aromatic carbocycles. The Hall–Kier alpha value is -1.82. The number of benzene rings is 2. The highest BCUT2D eigenvalue weighted by molar-refractivity contribution is 7.89. The smallest absolute Gasteiger partial charge is 0.240 e. The fraction of sp³-hybridized carbons (Fsp3) is 0.176. The number of nitrogens with one attached hydrogen (secondary N) is 2.